The lowest BCUT2D eigenvalue weighted by molar-refractivity contribution is 0.252. The molecule has 0 atom stereocenters. The lowest BCUT2D eigenvalue weighted by Gasteiger charge is -2.08. The van der Waals surface area contributed by atoms with Crippen LogP contribution >= 0.6 is 0 Å². The summed E-state index contributed by atoms with van der Waals surface area (Å²) in [5.74, 6) is 0.471. The number of para-hydroxylation sites is 1. The van der Waals surface area contributed by atoms with E-state index in [1.54, 1.807) is 24.7 Å². The number of rotatable bonds is 5. The van der Waals surface area contributed by atoms with Crippen molar-refractivity contribution in [2.24, 2.45) is 0 Å². The lowest BCUT2D eigenvalue weighted by Crippen LogP contribution is -2.30. The second kappa shape index (κ2) is 7.67. The fraction of sp³-hybridized carbons (Fsp3) is 0.0909. The quantitative estimate of drug-likeness (QED) is 0.361. The van der Waals surface area contributed by atoms with E-state index in [4.69, 9.17) is 0 Å². The first-order valence-corrected chi connectivity index (χ1v) is 9.62. The number of nitrogens with one attached hydrogen (secondary N) is 4. The van der Waals surface area contributed by atoms with Gasteiger partial charge in [0, 0.05) is 47.2 Å². The van der Waals surface area contributed by atoms with Crippen LogP contribution < -0.4 is 10.6 Å². The first-order chi connectivity index (χ1) is 14.8. The molecule has 0 aliphatic rings. The number of pyridine rings is 2. The van der Waals surface area contributed by atoms with Crippen LogP contribution in [0.1, 0.15) is 5.56 Å². The number of anilines is 1. The third-order valence-corrected chi connectivity index (χ3v) is 4.97. The number of H-pyrrole nitrogens is 2. The van der Waals surface area contributed by atoms with Crippen molar-refractivity contribution in [3.63, 3.8) is 0 Å². The van der Waals surface area contributed by atoms with Crippen LogP contribution in [0.5, 0.6) is 0 Å². The minimum atomic E-state index is -0.291. The van der Waals surface area contributed by atoms with Crippen LogP contribution in [-0.4, -0.2) is 37.7 Å². The van der Waals surface area contributed by atoms with E-state index in [1.807, 2.05) is 36.5 Å². The van der Waals surface area contributed by atoms with Crippen molar-refractivity contribution < 1.29 is 4.79 Å². The maximum absolute atomic E-state index is 12.3. The third kappa shape index (κ3) is 3.58. The number of hydrogen-bond donors (Lipinski definition) is 4. The highest BCUT2D eigenvalue weighted by Gasteiger charge is 2.08. The molecule has 0 bridgehead atoms. The number of aromatic nitrogens is 5. The average Bonchev–Trinajstić information content (AvgIpc) is 3.44. The number of nitrogens with zero attached hydrogens (tertiary/aromatic N) is 3. The molecule has 0 spiro atoms. The molecule has 2 amide bonds. The highest BCUT2D eigenvalue weighted by atomic mass is 16.2. The summed E-state index contributed by atoms with van der Waals surface area (Å²) in [5.41, 5.74) is 5.56. The molecule has 8 heteroatoms. The Balaban J connectivity index is 1.24. The first-order valence-electron chi connectivity index (χ1n) is 9.62. The van der Waals surface area contributed by atoms with E-state index in [9.17, 15) is 4.79 Å². The van der Waals surface area contributed by atoms with Gasteiger partial charge < -0.3 is 10.3 Å². The van der Waals surface area contributed by atoms with Crippen LogP contribution in [0.2, 0.25) is 0 Å². The van der Waals surface area contributed by atoms with Crippen LogP contribution in [0.4, 0.5) is 10.6 Å². The molecule has 0 aliphatic carbocycles. The van der Waals surface area contributed by atoms with Crippen LogP contribution in [-0.2, 0) is 6.42 Å². The van der Waals surface area contributed by atoms with E-state index in [1.165, 1.54) is 10.9 Å². The Hall–Kier alpha value is -4.20. The zero-order valence-electron chi connectivity index (χ0n) is 16.0. The summed E-state index contributed by atoms with van der Waals surface area (Å²) in [6.07, 6.45) is 8.03. The Labute approximate surface area is 171 Å². The molecule has 5 rings (SSSR count). The van der Waals surface area contributed by atoms with E-state index in [2.05, 4.69) is 41.8 Å². The first kappa shape index (κ1) is 17.9. The predicted molar refractivity (Wildman–Crippen MR) is 116 cm³/mol. The van der Waals surface area contributed by atoms with Gasteiger partial charge in [0.1, 0.15) is 5.82 Å². The highest BCUT2D eigenvalue weighted by Crippen LogP contribution is 2.22. The largest absolute Gasteiger partial charge is 0.361 e. The summed E-state index contributed by atoms with van der Waals surface area (Å²) >= 11 is 0. The summed E-state index contributed by atoms with van der Waals surface area (Å²) in [5, 5.41) is 13.6. The van der Waals surface area contributed by atoms with Gasteiger partial charge >= 0.3 is 6.03 Å². The number of benzene rings is 1. The molecule has 0 aliphatic heterocycles. The van der Waals surface area contributed by atoms with Gasteiger partial charge in [0.15, 0.2) is 0 Å². The summed E-state index contributed by atoms with van der Waals surface area (Å²) in [6, 6.07) is 13.3. The minimum Gasteiger partial charge on any atom is -0.361 e. The molecular formula is C22H19N7O. The number of hydrogen-bond acceptors (Lipinski definition) is 4. The zero-order valence-corrected chi connectivity index (χ0v) is 16.0. The molecule has 8 nitrogen and oxygen atoms in total. The topological polar surface area (TPSA) is 111 Å². The standard InChI is InChI=1S/C22H19N7O/c30-22(23-8-7-14-10-24-18-4-2-1-3-17(14)18)29-21-6-5-19-20(28-21)9-15(11-25-19)16-12-26-27-13-16/h1-6,9-13,24H,7-8H2,(H,26,27)(H2,23,28,29,30). The summed E-state index contributed by atoms with van der Waals surface area (Å²) in [7, 11) is 0. The number of fused-ring (bicyclic) bond motifs is 2. The molecule has 0 saturated carbocycles. The van der Waals surface area contributed by atoms with Crippen molar-refractivity contribution in [2.75, 3.05) is 11.9 Å². The Morgan fingerprint density at radius 3 is 2.83 bits per heavy atom. The molecule has 0 radical (unpaired) electrons. The fourth-order valence-corrected chi connectivity index (χ4v) is 3.45. The molecule has 5 aromatic rings. The van der Waals surface area contributed by atoms with Crippen LogP contribution in [0.15, 0.2) is 67.3 Å². The molecule has 0 saturated heterocycles. The zero-order chi connectivity index (χ0) is 20.3. The molecular weight excluding hydrogens is 378 g/mol. The van der Waals surface area contributed by atoms with Gasteiger partial charge in [-0.2, -0.15) is 5.10 Å². The van der Waals surface area contributed by atoms with E-state index in [0.717, 1.165) is 28.6 Å². The monoisotopic (exact) mass is 397 g/mol. The maximum Gasteiger partial charge on any atom is 0.320 e. The molecule has 0 fully saturated rings. The molecule has 4 heterocycles. The van der Waals surface area contributed by atoms with Crippen molar-refractivity contribution in [1.29, 1.82) is 0 Å². The summed E-state index contributed by atoms with van der Waals surface area (Å²) in [4.78, 5) is 24.5. The average molecular weight is 397 g/mol. The number of aromatic amines is 2. The van der Waals surface area contributed by atoms with Gasteiger partial charge in [-0.3, -0.25) is 15.4 Å². The van der Waals surface area contributed by atoms with E-state index < -0.39 is 0 Å². The van der Waals surface area contributed by atoms with Gasteiger partial charge in [-0.05, 0) is 36.2 Å². The number of urea groups is 1. The van der Waals surface area contributed by atoms with Crippen molar-refractivity contribution in [2.45, 2.75) is 6.42 Å². The molecule has 30 heavy (non-hydrogen) atoms. The van der Waals surface area contributed by atoms with Crippen LogP contribution in [0, 0.1) is 0 Å². The van der Waals surface area contributed by atoms with E-state index >= 15 is 0 Å². The molecule has 4 N–H and O–H groups in total. The van der Waals surface area contributed by atoms with Gasteiger partial charge in [-0.25, -0.2) is 9.78 Å². The Morgan fingerprint density at radius 1 is 1.00 bits per heavy atom. The normalized spacial score (nSPS) is 11.1. The summed E-state index contributed by atoms with van der Waals surface area (Å²) < 4.78 is 0. The van der Waals surface area contributed by atoms with Crippen molar-refractivity contribution >= 4 is 33.8 Å². The van der Waals surface area contributed by atoms with Gasteiger partial charge in [0.2, 0.25) is 0 Å². The van der Waals surface area contributed by atoms with Gasteiger partial charge in [0.05, 0.1) is 17.2 Å². The van der Waals surface area contributed by atoms with Crippen LogP contribution in [0.3, 0.4) is 0 Å². The molecule has 1 aromatic carbocycles. The lowest BCUT2D eigenvalue weighted by atomic mass is 10.1. The van der Waals surface area contributed by atoms with Crippen molar-refractivity contribution in [3.8, 4) is 11.1 Å². The number of carbonyl (C=O) groups is 1. The number of amides is 2. The van der Waals surface area contributed by atoms with Gasteiger partial charge in [0.25, 0.3) is 0 Å². The maximum atomic E-state index is 12.3. The van der Waals surface area contributed by atoms with Crippen molar-refractivity contribution in [1.82, 2.24) is 30.5 Å². The van der Waals surface area contributed by atoms with Gasteiger partial charge in [-0.1, -0.05) is 18.2 Å². The predicted octanol–water partition coefficient (Wildman–Crippen LogP) is 3.87. The Kier molecular flexibility index (Phi) is 4.57. The van der Waals surface area contributed by atoms with Gasteiger partial charge in [-0.15, -0.1) is 0 Å². The van der Waals surface area contributed by atoms with Crippen molar-refractivity contribution in [3.05, 3.63) is 72.8 Å². The third-order valence-electron chi connectivity index (χ3n) is 4.97. The smallest absolute Gasteiger partial charge is 0.320 e. The molecule has 4 aromatic heterocycles. The second-order valence-corrected chi connectivity index (χ2v) is 6.94. The van der Waals surface area contributed by atoms with Crippen LogP contribution in [0.25, 0.3) is 33.1 Å². The molecule has 148 valence electrons. The number of carbonyl (C=O) groups excluding carboxylic acids is 1. The SMILES string of the molecule is O=C(NCCc1c[nH]c2ccccc12)Nc1ccc2ncc(-c3cn[nH]c3)cc2n1. The molecule has 0 unspecified atom stereocenters. The van der Waals surface area contributed by atoms with E-state index in [-0.39, 0.29) is 6.03 Å². The Bertz CT molecular complexity index is 1320. The van der Waals surface area contributed by atoms with E-state index in [0.29, 0.717) is 17.9 Å². The second-order valence-electron chi connectivity index (χ2n) is 6.94. The Morgan fingerprint density at radius 2 is 1.93 bits per heavy atom. The minimum absolute atomic E-state index is 0.291. The summed E-state index contributed by atoms with van der Waals surface area (Å²) in [6.45, 7) is 0.521. The highest BCUT2D eigenvalue weighted by molar-refractivity contribution is 5.90. The fourth-order valence-electron chi connectivity index (χ4n) is 3.45.